The molecule has 0 aliphatic rings. The van der Waals surface area contributed by atoms with Crippen molar-refractivity contribution >= 4 is 34.5 Å². The summed E-state index contributed by atoms with van der Waals surface area (Å²) in [5.41, 5.74) is 2.76. The lowest BCUT2D eigenvalue weighted by Crippen LogP contribution is -1.98. The first-order chi connectivity index (χ1) is 11.7. The van der Waals surface area contributed by atoms with Gasteiger partial charge in [0.15, 0.2) is 0 Å². The quantitative estimate of drug-likeness (QED) is 0.553. The molecule has 2 aromatic carbocycles. The van der Waals surface area contributed by atoms with Crippen molar-refractivity contribution in [1.29, 1.82) is 0 Å². The highest BCUT2D eigenvalue weighted by atomic mass is 16.5. The molecule has 1 aromatic heterocycles. The fourth-order valence-electron chi connectivity index (χ4n) is 2.36. The SMILES string of the molecule is CCOC(=O)/C=C/c1cccc(Nc2ccc3ccccc3n2)c1. The number of nitrogens with one attached hydrogen (secondary N) is 1. The zero-order chi connectivity index (χ0) is 16.8. The van der Waals surface area contributed by atoms with Gasteiger partial charge in [0.1, 0.15) is 5.82 Å². The third-order valence-electron chi connectivity index (χ3n) is 3.46. The Bertz CT molecular complexity index is 887. The number of carbonyl (C=O) groups excluding carboxylic acids is 1. The van der Waals surface area contributed by atoms with E-state index in [1.807, 2.05) is 60.7 Å². The molecule has 24 heavy (non-hydrogen) atoms. The lowest BCUT2D eigenvalue weighted by Gasteiger charge is -2.07. The van der Waals surface area contributed by atoms with Gasteiger partial charge in [0.25, 0.3) is 0 Å². The zero-order valence-electron chi connectivity index (χ0n) is 13.4. The number of ether oxygens (including phenoxy) is 1. The van der Waals surface area contributed by atoms with Crippen LogP contribution in [0.4, 0.5) is 11.5 Å². The molecule has 1 N–H and O–H groups in total. The fourth-order valence-corrected chi connectivity index (χ4v) is 2.36. The molecule has 3 aromatic rings. The standard InChI is InChI=1S/C20H18N2O2/c1-2-24-20(23)13-10-15-6-5-8-17(14-15)21-19-12-11-16-7-3-4-9-18(16)22-19/h3-14H,2H2,1H3,(H,21,22)/b13-10+. The Morgan fingerprint density at radius 2 is 2.00 bits per heavy atom. The molecular weight excluding hydrogens is 300 g/mol. The number of hydrogen-bond acceptors (Lipinski definition) is 4. The lowest BCUT2D eigenvalue weighted by molar-refractivity contribution is -0.137. The van der Waals surface area contributed by atoms with Crippen LogP contribution in [0.15, 0.2) is 66.7 Å². The summed E-state index contributed by atoms with van der Waals surface area (Å²) in [6.45, 7) is 2.16. The largest absolute Gasteiger partial charge is 0.463 e. The highest BCUT2D eigenvalue weighted by molar-refractivity contribution is 5.87. The van der Waals surface area contributed by atoms with E-state index in [1.165, 1.54) is 6.08 Å². The molecule has 3 rings (SSSR count). The molecule has 0 fully saturated rings. The molecule has 0 atom stereocenters. The first-order valence-electron chi connectivity index (χ1n) is 7.82. The summed E-state index contributed by atoms with van der Waals surface area (Å²) in [6, 6.07) is 19.7. The topological polar surface area (TPSA) is 51.2 Å². The van der Waals surface area contributed by atoms with Crippen molar-refractivity contribution < 1.29 is 9.53 Å². The summed E-state index contributed by atoms with van der Waals surface area (Å²) in [5.74, 6) is 0.437. The number of carbonyl (C=O) groups is 1. The van der Waals surface area contributed by atoms with Gasteiger partial charge in [0.05, 0.1) is 12.1 Å². The Morgan fingerprint density at radius 1 is 1.12 bits per heavy atom. The molecular formula is C20H18N2O2. The number of esters is 1. The van der Waals surface area contributed by atoms with E-state index in [4.69, 9.17) is 4.74 Å². The number of nitrogens with zero attached hydrogens (tertiary/aromatic N) is 1. The Morgan fingerprint density at radius 3 is 2.88 bits per heavy atom. The zero-order valence-corrected chi connectivity index (χ0v) is 13.4. The number of pyridine rings is 1. The number of hydrogen-bond donors (Lipinski definition) is 1. The Labute approximate surface area is 140 Å². The molecule has 0 saturated heterocycles. The van der Waals surface area contributed by atoms with Crippen LogP contribution in [0.2, 0.25) is 0 Å². The van der Waals surface area contributed by atoms with Crippen LogP contribution in [0.5, 0.6) is 0 Å². The second-order valence-corrected chi connectivity index (χ2v) is 5.23. The molecule has 0 aliphatic carbocycles. The summed E-state index contributed by atoms with van der Waals surface area (Å²) in [7, 11) is 0. The smallest absolute Gasteiger partial charge is 0.330 e. The van der Waals surface area contributed by atoms with Gasteiger partial charge in [-0.1, -0.05) is 30.3 Å². The minimum Gasteiger partial charge on any atom is -0.463 e. The molecule has 4 nitrogen and oxygen atoms in total. The van der Waals surface area contributed by atoms with Gasteiger partial charge in [0, 0.05) is 17.1 Å². The molecule has 0 aliphatic heterocycles. The van der Waals surface area contributed by atoms with E-state index >= 15 is 0 Å². The number of para-hydroxylation sites is 1. The van der Waals surface area contributed by atoms with Crippen LogP contribution in [0.3, 0.4) is 0 Å². The van der Waals surface area contributed by atoms with Crippen molar-refractivity contribution in [3.8, 4) is 0 Å². The van der Waals surface area contributed by atoms with E-state index < -0.39 is 0 Å². The van der Waals surface area contributed by atoms with Gasteiger partial charge in [-0.2, -0.15) is 0 Å². The van der Waals surface area contributed by atoms with E-state index in [0.29, 0.717) is 6.61 Å². The minimum atomic E-state index is -0.341. The average molecular weight is 318 g/mol. The maximum Gasteiger partial charge on any atom is 0.330 e. The van der Waals surface area contributed by atoms with Crippen molar-refractivity contribution in [2.24, 2.45) is 0 Å². The second-order valence-electron chi connectivity index (χ2n) is 5.23. The number of rotatable bonds is 5. The average Bonchev–Trinajstić information content (AvgIpc) is 2.60. The monoisotopic (exact) mass is 318 g/mol. The van der Waals surface area contributed by atoms with Crippen LogP contribution in [0.1, 0.15) is 12.5 Å². The van der Waals surface area contributed by atoms with Crippen LogP contribution in [0.25, 0.3) is 17.0 Å². The molecule has 0 radical (unpaired) electrons. The molecule has 0 amide bonds. The van der Waals surface area contributed by atoms with Crippen molar-refractivity contribution in [3.05, 3.63) is 72.3 Å². The Balaban J connectivity index is 1.77. The van der Waals surface area contributed by atoms with Crippen LogP contribution >= 0.6 is 0 Å². The summed E-state index contributed by atoms with van der Waals surface area (Å²) in [4.78, 5) is 16.0. The lowest BCUT2D eigenvalue weighted by atomic mass is 10.2. The van der Waals surface area contributed by atoms with Gasteiger partial charge < -0.3 is 10.1 Å². The predicted molar refractivity (Wildman–Crippen MR) is 97.1 cm³/mol. The summed E-state index contributed by atoms with van der Waals surface area (Å²) in [6.07, 6.45) is 3.16. The maximum absolute atomic E-state index is 11.4. The summed E-state index contributed by atoms with van der Waals surface area (Å²) < 4.78 is 4.88. The molecule has 1 heterocycles. The highest BCUT2D eigenvalue weighted by Crippen LogP contribution is 2.20. The van der Waals surface area contributed by atoms with Crippen LogP contribution in [-0.4, -0.2) is 17.6 Å². The first-order valence-corrected chi connectivity index (χ1v) is 7.82. The number of benzene rings is 2. The normalized spacial score (nSPS) is 10.9. The highest BCUT2D eigenvalue weighted by Gasteiger charge is 2.00. The molecule has 0 saturated carbocycles. The fraction of sp³-hybridized carbons (Fsp3) is 0.100. The minimum absolute atomic E-state index is 0.341. The molecule has 120 valence electrons. The Kier molecular flexibility index (Phi) is 4.87. The third kappa shape index (κ3) is 3.98. The molecule has 0 spiro atoms. The van der Waals surface area contributed by atoms with Gasteiger partial charge in [-0.15, -0.1) is 0 Å². The van der Waals surface area contributed by atoms with Crippen LogP contribution < -0.4 is 5.32 Å². The summed E-state index contributed by atoms with van der Waals surface area (Å²) >= 11 is 0. The van der Waals surface area contributed by atoms with Crippen molar-refractivity contribution in [2.75, 3.05) is 11.9 Å². The molecule has 0 unspecified atom stereocenters. The van der Waals surface area contributed by atoms with Gasteiger partial charge in [-0.25, -0.2) is 9.78 Å². The summed E-state index contributed by atoms with van der Waals surface area (Å²) in [5, 5.41) is 4.39. The van der Waals surface area contributed by atoms with Crippen molar-refractivity contribution in [3.63, 3.8) is 0 Å². The number of fused-ring (bicyclic) bond motifs is 1. The van der Waals surface area contributed by atoms with E-state index in [0.717, 1.165) is 28.0 Å². The molecule has 4 heteroatoms. The maximum atomic E-state index is 11.4. The van der Waals surface area contributed by atoms with E-state index in [1.54, 1.807) is 13.0 Å². The second kappa shape index (κ2) is 7.42. The van der Waals surface area contributed by atoms with Crippen molar-refractivity contribution in [1.82, 2.24) is 4.98 Å². The third-order valence-corrected chi connectivity index (χ3v) is 3.46. The van der Waals surface area contributed by atoms with Crippen LogP contribution in [0, 0.1) is 0 Å². The Hall–Kier alpha value is -3.14. The number of anilines is 2. The van der Waals surface area contributed by atoms with E-state index in [-0.39, 0.29) is 5.97 Å². The van der Waals surface area contributed by atoms with Gasteiger partial charge >= 0.3 is 5.97 Å². The van der Waals surface area contributed by atoms with Gasteiger partial charge in [0.2, 0.25) is 0 Å². The first kappa shape index (κ1) is 15.7. The van der Waals surface area contributed by atoms with Crippen LogP contribution in [-0.2, 0) is 9.53 Å². The van der Waals surface area contributed by atoms with Gasteiger partial charge in [-0.05, 0) is 48.9 Å². The number of aromatic nitrogens is 1. The van der Waals surface area contributed by atoms with Gasteiger partial charge in [-0.3, -0.25) is 0 Å². The van der Waals surface area contributed by atoms with E-state index in [9.17, 15) is 4.79 Å². The van der Waals surface area contributed by atoms with Crippen molar-refractivity contribution in [2.45, 2.75) is 6.92 Å². The predicted octanol–water partition coefficient (Wildman–Crippen LogP) is 4.55. The molecule has 0 bridgehead atoms. The van der Waals surface area contributed by atoms with E-state index in [2.05, 4.69) is 10.3 Å².